The van der Waals surface area contributed by atoms with Crippen molar-refractivity contribution in [2.75, 3.05) is 17.6 Å². The zero-order valence-corrected chi connectivity index (χ0v) is 17.5. The van der Waals surface area contributed by atoms with Gasteiger partial charge in [0.05, 0.1) is 11.4 Å². The van der Waals surface area contributed by atoms with E-state index < -0.39 is 0 Å². The Bertz CT molecular complexity index is 1030. The standard InChI is InChI=1S/C22H24N4O2S/c1-4-23-21(28)17-6-5-7-18(13-17)25-20(27)14-29-22-24-10-11-26(22)19-12-15(2)8-9-16(19)3/h5-13H,4,14H2,1-3H3,(H,23,28)(H,25,27). The lowest BCUT2D eigenvalue weighted by Crippen LogP contribution is -2.23. The summed E-state index contributed by atoms with van der Waals surface area (Å²) in [5, 5.41) is 6.35. The van der Waals surface area contributed by atoms with E-state index in [1.165, 1.54) is 17.3 Å². The van der Waals surface area contributed by atoms with Crippen molar-refractivity contribution < 1.29 is 9.59 Å². The van der Waals surface area contributed by atoms with Gasteiger partial charge in [0.15, 0.2) is 5.16 Å². The molecule has 0 atom stereocenters. The highest BCUT2D eigenvalue weighted by molar-refractivity contribution is 7.99. The number of carbonyl (C=O) groups is 2. The highest BCUT2D eigenvalue weighted by Gasteiger charge is 2.12. The SMILES string of the molecule is CCNC(=O)c1cccc(NC(=O)CSc2nccn2-c2cc(C)ccc2C)c1. The van der Waals surface area contributed by atoms with Crippen molar-refractivity contribution in [1.82, 2.24) is 14.9 Å². The molecule has 2 N–H and O–H groups in total. The van der Waals surface area contributed by atoms with Gasteiger partial charge in [-0.05, 0) is 56.2 Å². The van der Waals surface area contributed by atoms with Crippen LogP contribution >= 0.6 is 11.8 Å². The number of rotatable bonds is 7. The molecule has 1 aromatic heterocycles. The maximum atomic E-state index is 12.4. The Hall–Kier alpha value is -3.06. The van der Waals surface area contributed by atoms with Crippen LogP contribution in [-0.4, -0.2) is 33.7 Å². The van der Waals surface area contributed by atoms with Crippen molar-refractivity contribution in [3.05, 3.63) is 71.5 Å². The Labute approximate surface area is 174 Å². The number of thioether (sulfide) groups is 1. The Kier molecular flexibility index (Phi) is 6.72. The van der Waals surface area contributed by atoms with Gasteiger partial charge in [0, 0.05) is 30.2 Å². The van der Waals surface area contributed by atoms with Crippen LogP contribution in [0, 0.1) is 13.8 Å². The third-order valence-electron chi connectivity index (χ3n) is 4.31. The van der Waals surface area contributed by atoms with E-state index in [1.807, 2.05) is 17.7 Å². The average molecular weight is 409 g/mol. The first-order chi connectivity index (χ1) is 14.0. The molecule has 7 heteroatoms. The van der Waals surface area contributed by atoms with E-state index in [9.17, 15) is 9.59 Å². The normalized spacial score (nSPS) is 10.6. The number of hydrogen-bond acceptors (Lipinski definition) is 4. The van der Waals surface area contributed by atoms with Crippen LogP contribution in [0.4, 0.5) is 5.69 Å². The third-order valence-corrected chi connectivity index (χ3v) is 5.28. The minimum absolute atomic E-state index is 0.154. The maximum Gasteiger partial charge on any atom is 0.251 e. The van der Waals surface area contributed by atoms with Gasteiger partial charge in [-0.15, -0.1) is 0 Å². The molecule has 0 fully saturated rings. The lowest BCUT2D eigenvalue weighted by molar-refractivity contribution is -0.113. The van der Waals surface area contributed by atoms with E-state index in [4.69, 9.17) is 0 Å². The average Bonchev–Trinajstić information content (AvgIpc) is 3.17. The lowest BCUT2D eigenvalue weighted by atomic mass is 10.1. The molecular weight excluding hydrogens is 384 g/mol. The molecule has 0 aliphatic carbocycles. The van der Waals surface area contributed by atoms with E-state index >= 15 is 0 Å². The molecule has 0 radical (unpaired) electrons. The zero-order chi connectivity index (χ0) is 20.8. The van der Waals surface area contributed by atoms with E-state index in [1.54, 1.807) is 30.5 Å². The van der Waals surface area contributed by atoms with Gasteiger partial charge in [0.1, 0.15) is 0 Å². The molecule has 3 rings (SSSR count). The number of aromatic nitrogens is 2. The number of nitrogens with one attached hydrogen (secondary N) is 2. The van der Waals surface area contributed by atoms with Crippen molar-refractivity contribution in [2.45, 2.75) is 25.9 Å². The van der Waals surface area contributed by atoms with E-state index in [0.29, 0.717) is 17.8 Å². The van der Waals surface area contributed by atoms with Crippen LogP contribution in [0.1, 0.15) is 28.4 Å². The second-order valence-electron chi connectivity index (χ2n) is 6.65. The Morgan fingerprint density at radius 3 is 2.76 bits per heavy atom. The van der Waals surface area contributed by atoms with Gasteiger partial charge in [-0.1, -0.05) is 30.0 Å². The van der Waals surface area contributed by atoms with Crippen LogP contribution in [-0.2, 0) is 4.79 Å². The quantitative estimate of drug-likeness (QED) is 0.580. The van der Waals surface area contributed by atoms with Crippen LogP contribution in [0.25, 0.3) is 5.69 Å². The van der Waals surface area contributed by atoms with Gasteiger partial charge in [0.2, 0.25) is 5.91 Å². The van der Waals surface area contributed by atoms with Gasteiger partial charge in [0.25, 0.3) is 5.91 Å². The van der Waals surface area contributed by atoms with Crippen LogP contribution < -0.4 is 10.6 Å². The van der Waals surface area contributed by atoms with E-state index in [2.05, 4.69) is 47.7 Å². The fourth-order valence-electron chi connectivity index (χ4n) is 2.89. The first-order valence-corrected chi connectivity index (χ1v) is 10.4. The molecule has 0 aliphatic rings. The lowest BCUT2D eigenvalue weighted by Gasteiger charge is -2.11. The van der Waals surface area contributed by atoms with Gasteiger partial charge < -0.3 is 10.6 Å². The summed E-state index contributed by atoms with van der Waals surface area (Å²) < 4.78 is 2.00. The third kappa shape index (κ3) is 5.26. The molecule has 6 nitrogen and oxygen atoms in total. The zero-order valence-electron chi connectivity index (χ0n) is 16.7. The molecule has 0 bridgehead atoms. The summed E-state index contributed by atoms with van der Waals surface area (Å²) in [4.78, 5) is 28.8. The van der Waals surface area contributed by atoms with Gasteiger partial charge in [-0.3, -0.25) is 14.2 Å². The van der Waals surface area contributed by atoms with Crippen molar-refractivity contribution in [1.29, 1.82) is 0 Å². The Morgan fingerprint density at radius 1 is 1.14 bits per heavy atom. The van der Waals surface area contributed by atoms with Crippen LogP contribution in [0.2, 0.25) is 0 Å². The Balaban J connectivity index is 1.65. The molecule has 0 saturated heterocycles. The summed E-state index contributed by atoms with van der Waals surface area (Å²) in [6.45, 7) is 6.52. The molecule has 0 unspecified atom stereocenters. The fourth-order valence-corrected chi connectivity index (χ4v) is 3.65. The van der Waals surface area contributed by atoms with Gasteiger partial charge in [-0.25, -0.2) is 4.98 Å². The van der Waals surface area contributed by atoms with Crippen LogP contribution in [0.3, 0.4) is 0 Å². The number of aryl methyl sites for hydroxylation is 2. The van der Waals surface area contributed by atoms with Crippen molar-refractivity contribution in [2.24, 2.45) is 0 Å². The minimum Gasteiger partial charge on any atom is -0.352 e. The number of anilines is 1. The highest BCUT2D eigenvalue weighted by atomic mass is 32.2. The van der Waals surface area contributed by atoms with Crippen LogP contribution in [0.15, 0.2) is 60.0 Å². The van der Waals surface area contributed by atoms with Crippen molar-refractivity contribution in [3.8, 4) is 5.69 Å². The molecule has 2 aromatic carbocycles. The molecule has 150 valence electrons. The molecule has 3 aromatic rings. The summed E-state index contributed by atoms with van der Waals surface area (Å²) >= 11 is 1.37. The van der Waals surface area contributed by atoms with Gasteiger partial charge >= 0.3 is 0 Å². The van der Waals surface area contributed by atoms with Crippen LogP contribution in [0.5, 0.6) is 0 Å². The minimum atomic E-state index is -0.159. The number of imidazole rings is 1. The summed E-state index contributed by atoms with van der Waals surface area (Å²) in [6, 6.07) is 13.2. The first kappa shape index (κ1) is 20.7. The summed E-state index contributed by atoms with van der Waals surface area (Å²) in [6.07, 6.45) is 3.63. The molecule has 29 heavy (non-hydrogen) atoms. The first-order valence-electron chi connectivity index (χ1n) is 9.40. The summed E-state index contributed by atoms with van der Waals surface area (Å²) in [7, 11) is 0. The summed E-state index contributed by atoms with van der Waals surface area (Å²) in [5.74, 6) is -0.0973. The Morgan fingerprint density at radius 2 is 1.97 bits per heavy atom. The molecular formula is C22H24N4O2S. The highest BCUT2D eigenvalue weighted by Crippen LogP contribution is 2.24. The van der Waals surface area contributed by atoms with Crippen molar-refractivity contribution >= 4 is 29.3 Å². The fraction of sp³-hybridized carbons (Fsp3) is 0.227. The topological polar surface area (TPSA) is 76.0 Å². The predicted octanol–water partition coefficient (Wildman–Crippen LogP) is 3.97. The number of hydrogen-bond donors (Lipinski definition) is 2. The molecule has 2 amide bonds. The number of amides is 2. The molecule has 0 saturated carbocycles. The second-order valence-corrected chi connectivity index (χ2v) is 7.59. The van der Waals surface area contributed by atoms with E-state index in [-0.39, 0.29) is 17.6 Å². The molecule has 0 spiro atoms. The number of benzene rings is 2. The summed E-state index contributed by atoms with van der Waals surface area (Å²) in [5.41, 5.74) is 4.47. The largest absolute Gasteiger partial charge is 0.352 e. The maximum absolute atomic E-state index is 12.4. The number of carbonyl (C=O) groups excluding carboxylic acids is 2. The smallest absolute Gasteiger partial charge is 0.251 e. The second kappa shape index (κ2) is 9.43. The molecule has 1 heterocycles. The van der Waals surface area contributed by atoms with Gasteiger partial charge in [-0.2, -0.15) is 0 Å². The predicted molar refractivity (Wildman–Crippen MR) is 117 cm³/mol. The number of nitrogens with zero attached hydrogens (tertiary/aromatic N) is 2. The molecule has 0 aliphatic heterocycles. The van der Waals surface area contributed by atoms with E-state index in [0.717, 1.165) is 16.4 Å². The van der Waals surface area contributed by atoms with Crippen molar-refractivity contribution in [3.63, 3.8) is 0 Å². The monoisotopic (exact) mass is 408 g/mol.